The molecule has 1 N–H and O–H groups in total. The molecule has 0 bridgehead atoms. The van der Waals surface area contributed by atoms with Gasteiger partial charge in [0.25, 0.3) is 5.56 Å². The molecule has 2 aliphatic rings. The molecule has 2 aliphatic heterocycles. The van der Waals surface area contributed by atoms with E-state index in [0.29, 0.717) is 0 Å². The average molecular weight is 471 g/mol. The number of rotatable bonds is 9. The molecule has 0 aliphatic carbocycles. The molecule has 0 radical (unpaired) electrons. The van der Waals surface area contributed by atoms with Crippen LogP contribution in [0, 0.1) is 0 Å². The monoisotopic (exact) mass is 470 g/mol. The Morgan fingerprint density at radius 2 is 1.91 bits per heavy atom. The smallest absolute Gasteiger partial charge is 0.355 e. The number of hydrogen-bond donors (Lipinski definition) is 1. The lowest BCUT2D eigenvalue weighted by atomic mass is 10.1. The summed E-state index contributed by atoms with van der Waals surface area (Å²) in [5.74, 6) is -1.69. The van der Waals surface area contributed by atoms with Crippen LogP contribution in [0.25, 0.3) is 0 Å². The standard InChI is InChI=1S/C21H34N2O8Si/c1-7-9-10-32(5,6)28-12-14-16-17(31-21(3,4)30-16)18(29-14)23-13(19(25)27-8-2)11-15(24)22-20(23)26/h11,14,16-18H,7-10,12H2,1-6H3,(H,22,24,26)/t14-,16-,17-,18-/m1/s1. The van der Waals surface area contributed by atoms with Crippen LogP contribution in [0.2, 0.25) is 19.1 Å². The summed E-state index contributed by atoms with van der Waals surface area (Å²) in [6, 6.07) is 2.06. The molecule has 11 heteroatoms. The van der Waals surface area contributed by atoms with E-state index >= 15 is 0 Å². The minimum Gasteiger partial charge on any atom is -0.461 e. The summed E-state index contributed by atoms with van der Waals surface area (Å²) in [6.45, 7) is 12.1. The van der Waals surface area contributed by atoms with Gasteiger partial charge in [0.15, 0.2) is 20.3 Å². The normalized spacial score (nSPS) is 26.8. The fourth-order valence-electron chi connectivity index (χ4n) is 4.10. The molecule has 0 aromatic carbocycles. The van der Waals surface area contributed by atoms with E-state index in [0.717, 1.165) is 29.5 Å². The number of H-pyrrole nitrogens is 1. The van der Waals surface area contributed by atoms with E-state index < -0.39 is 55.9 Å². The van der Waals surface area contributed by atoms with Gasteiger partial charge in [-0.1, -0.05) is 19.8 Å². The second-order valence-electron chi connectivity index (χ2n) is 9.22. The van der Waals surface area contributed by atoms with Gasteiger partial charge in [0.05, 0.1) is 13.2 Å². The van der Waals surface area contributed by atoms with Gasteiger partial charge in [0, 0.05) is 6.07 Å². The molecule has 2 fully saturated rings. The molecule has 4 atom stereocenters. The predicted molar refractivity (Wildman–Crippen MR) is 118 cm³/mol. The minimum atomic E-state index is -1.90. The molecule has 3 heterocycles. The number of unbranched alkanes of at least 4 members (excludes halogenated alkanes) is 1. The van der Waals surface area contributed by atoms with Crippen molar-refractivity contribution in [3.05, 3.63) is 32.6 Å². The summed E-state index contributed by atoms with van der Waals surface area (Å²) in [6.07, 6.45) is -0.463. The Morgan fingerprint density at radius 3 is 2.56 bits per heavy atom. The molecule has 0 saturated carbocycles. The summed E-state index contributed by atoms with van der Waals surface area (Å²) in [4.78, 5) is 39.3. The van der Waals surface area contributed by atoms with Crippen LogP contribution >= 0.6 is 0 Å². The second-order valence-corrected chi connectivity index (χ2v) is 13.5. The Morgan fingerprint density at radius 1 is 1.22 bits per heavy atom. The second kappa shape index (κ2) is 9.60. The van der Waals surface area contributed by atoms with Gasteiger partial charge in [-0.05, 0) is 39.9 Å². The number of nitrogens with zero attached hydrogens (tertiary/aromatic N) is 1. The van der Waals surface area contributed by atoms with Crippen molar-refractivity contribution in [3.8, 4) is 0 Å². The van der Waals surface area contributed by atoms with E-state index in [9.17, 15) is 14.4 Å². The number of carbonyl (C=O) groups is 1. The number of fused-ring (bicyclic) bond motifs is 1. The van der Waals surface area contributed by atoms with Crippen molar-refractivity contribution in [2.45, 2.75) is 90.0 Å². The van der Waals surface area contributed by atoms with Crippen molar-refractivity contribution in [1.29, 1.82) is 0 Å². The molecule has 1 aromatic heterocycles. The lowest BCUT2D eigenvalue weighted by Crippen LogP contribution is -2.41. The van der Waals surface area contributed by atoms with Gasteiger partial charge in [-0.25, -0.2) is 9.59 Å². The van der Waals surface area contributed by atoms with Gasteiger partial charge in [-0.3, -0.25) is 14.3 Å². The third kappa shape index (κ3) is 5.40. The van der Waals surface area contributed by atoms with Crippen LogP contribution < -0.4 is 11.2 Å². The highest BCUT2D eigenvalue weighted by Gasteiger charge is 2.56. The van der Waals surface area contributed by atoms with Crippen LogP contribution in [-0.4, -0.2) is 61.2 Å². The van der Waals surface area contributed by atoms with Crippen molar-refractivity contribution < 1.29 is 28.2 Å². The number of ether oxygens (including phenoxy) is 4. The Labute approximate surface area is 188 Å². The van der Waals surface area contributed by atoms with Crippen LogP contribution in [-0.2, 0) is 23.4 Å². The van der Waals surface area contributed by atoms with Crippen LogP contribution in [0.15, 0.2) is 15.7 Å². The van der Waals surface area contributed by atoms with Crippen molar-refractivity contribution in [1.82, 2.24) is 9.55 Å². The molecule has 0 amide bonds. The Bertz CT molecular complexity index is 940. The highest BCUT2D eigenvalue weighted by Crippen LogP contribution is 2.43. The number of hydrogen-bond acceptors (Lipinski definition) is 8. The van der Waals surface area contributed by atoms with Gasteiger partial charge < -0.3 is 23.4 Å². The van der Waals surface area contributed by atoms with Crippen molar-refractivity contribution in [3.63, 3.8) is 0 Å². The summed E-state index contributed by atoms with van der Waals surface area (Å²) in [5.41, 5.74) is -1.68. The Kier molecular flexibility index (Phi) is 7.45. The lowest BCUT2D eigenvalue weighted by Gasteiger charge is -2.28. The quantitative estimate of drug-likeness (QED) is 0.431. The molecule has 0 spiro atoms. The molecule has 3 rings (SSSR count). The maximum atomic E-state index is 12.7. The predicted octanol–water partition coefficient (Wildman–Crippen LogP) is 2.15. The highest BCUT2D eigenvalue weighted by atomic mass is 28.4. The average Bonchev–Trinajstić information content (AvgIpc) is 3.18. The zero-order valence-electron chi connectivity index (χ0n) is 19.6. The molecule has 10 nitrogen and oxygen atoms in total. The van der Waals surface area contributed by atoms with Crippen LogP contribution in [0.5, 0.6) is 0 Å². The molecular weight excluding hydrogens is 436 g/mol. The fraction of sp³-hybridized carbons (Fsp3) is 0.762. The molecule has 180 valence electrons. The first-order chi connectivity index (χ1) is 15.0. The first-order valence-electron chi connectivity index (χ1n) is 11.2. The largest absolute Gasteiger partial charge is 0.461 e. The van der Waals surface area contributed by atoms with E-state index in [4.69, 9.17) is 23.4 Å². The summed E-state index contributed by atoms with van der Waals surface area (Å²) in [7, 11) is -1.90. The SMILES string of the molecule is CCCC[Si](C)(C)OC[C@H]1O[C@@H](n2c(C(=O)OCC)cc(=O)[nH]c2=O)[C@@H]2OC(C)(C)O[C@@H]21. The number of aromatic nitrogens is 2. The van der Waals surface area contributed by atoms with Crippen molar-refractivity contribution >= 4 is 14.3 Å². The van der Waals surface area contributed by atoms with Gasteiger partial charge in [-0.2, -0.15) is 0 Å². The topological polar surface area (TPSA) is 118 Å². The van der Waals surface area contributed by atoms with Crippen LogP contribution in [0.3, 0.4) is 0 Å². The third-order valence-corrected chi connectivity index (χ3v) is 8.12. The minimum absolute atomic E-state index is 0.0952. The van der Waals surface area contributed by atoms with Gasteiger partial charge >= 0.3 is 11.7 Å². The number of aromatic amines is 1. The molecule has 1 aromatic rings. The Hall–Kier alpha value is -1.79. The summed E-state index contributed by atoms with van der Waals surface area (Å²) in [5, 5.41) is 0. The first kappa shape index (κ1) is 24.8. The van der Waals surface area contributed by atoms with Gasteiger partial charge in [-0.15, -0.1) is 0 Å². The van der Waals surface area contributed by atoms with Crippen molar-refractivity contribution in [2.75, 3.05) is 13.2 Å². The summed E-state index contributed by atoms with van der Waals surface area (Å²) < 4.78 is 30.7. The maximum absolute atomic E-state index is 12.7. The van der Waals surface area contributed by atoms with E-state index in [1.807, 2.05) is 0 Å². The van der Waals surface area contributed by atoms with E-state index in [1.165, 1.54) is 0 Å². The number of nitrogens with one attached hydrogen (secondary N) is 1. The van der Waals surface area contributed by atoms with Gasteiger partial charge in [0.1, 0.15) is 24.0 Å². The van der Waals surface area contributed by atoms with Crippen molar-refractivity contribution in [2.24, 2.45) is 0 Å². The fourth-order valence-corrected chi connectivity index (χ4v) is 6.07. The van der Waals surface area contributed by atoms with Gasteiger partial charge in [0.2, 0.25) is 0 Å². The highest BCUT2D eigenvalue weighted by molar-refractivity contribution is 6.71. The zero-order valence-corrected chi connectivity index (χ0v) is 20.6. The Balaban J connectivity index is 1.92. The van der Waals surface area contributed by atoms with E-state index in [-0.39, 0.29) is 18.9 Å². The third-order valence-electron chi connectivity index (χ3n) is 5.61. The zero-order chi connectivity index (χ0) is 23.7. The summed E-state index contributed by atoms with van der Waals surface area (Å²) >= 11 is 0. The first-order valence-corrected chi connectivity index (χ1v) is 14.3. The lowest BCUT2D eigenvalue weighted by molar-refractivity contribution is -0.200. The number of esters is 1. The molecule has 32 heavy (non-hydrogen) atoms. The molecule has 2 saturated heterocycles. The van der Waals surface area contributed by atoms with Crippen LogP contribution in [0.1, 0.15) is 57.3 Å². The maximum Gasteiger partial charge on any atom is 0.355 e. The molecular formula is C21H34N2O8Si. The van der Waals surface area contributed by atoms with E-state index in [1.54, 1.807) is 20.8 Å². The number of carbonyl (C=O) groups excluding carboxylic acids is 1. The molecule has 0 unspecified atom stereocenters. The van der Waals surface area contributed by atoms with E-state index in [2.05, 4.69) is 25.0 Å². The van der Waals surface area contributed by atoms with Crippen LogP contribution in [0.4, 0.5) is 0 Å².